The Labute approximate surface area is 206 Å². The van der Waals surface area contributed by atoms with Gasteiger partial charge in [-0.15, -0.1) is 0 Å². The number of ether oxygens (including phenoxy) is 1. The van der Waals surface area contributed by atoms with E-state index in [4.69, 9.17) is 14.1 Å². The molecule has 0 spiro atoms. The lowest BCUT2D eigenvalue weighted by atomic mass is 9.91. The second-order valence-corrected chi connectivity index (χ2v) is 10.5. The van der Waals surface area contributed by atoms with E-state index in [1.807, 2.05) is 65.6 Å². The average Bonchev–Trinajstić information content (AvgIpc) is 3.36. The van der Waals surface area contributed by atoms with Gasteiger partial charge >= 0.3 is 0 Å². The molecule has 1 saturated heterocycles. The van der Waals surface area contributed by atoms with Gasteiger partial charge in [-0.3, -0.25) is 0 Å². The quantitative estimate of drug-likeness (QED) is 0.333. The second kappa shape index (κ2) is 9.96. The molecule has 1 fully saturated rings. The Kier molecular flexibility index (Phi) is 6.59. The predicted octanol–water partition coefficient (Wildman–Crippen LogP) is 5.69. The molecule has 5 rings (SSSR count). The van der Waals surface area contributed by atoms with E-state index in [2.05, 4.69) is 0 Å². The number of rotatable bonds is 7. The van der Waals surface area contributed by atoms with Crippen molar-refractivity contribution in [1.82, 2.24) is 4.98 Å². The highest BCUT2D eigenvalue weighted by Gasteiger charge is 2.34. The van der Waals surface area contributed by atoms with E-state index >= 15 is 0 Å². The summed E-state index contributed by atoms with van der Waals surface area (Å²) in [6.45, 7) is 1.47. The number of nitrogens with zero attached hydrogens (tertiary/aromatic N) is 2. The van der Waals surface area contributed by atoms with Crippen molar-refractivity contribution in [2.45, 2.75) is 35.1 Å². The zero-order valence-electron chi connectivity index (χ0n) is 19.6. The molecule has 7 heteroatoms. The van der Waals surface area contributed by atoms with Crippen molar-refractivity contribution in [3.05, 3.63) is 102 Å². The van der Waals surface area contributed by atoms with Gasteiger partial charge in [0.15, 0.2) is 0 Å². The summed E-state index contributed by atoms with van der Waals surface area (Å²) in [6, 6.07) is 26.2. The van der Waals surface area contributed by atoms with Gasteiger partial charge in [-0.1, -0.05) is 60.7 Å². The van der Waals surface area contributed by atoms with Gasteiger partial charge in [0.2, 0.25) is 26.6 Å². The van der Waals surface area contributed by atoms with Crippen LogP contribution in [0.4, 0.5) is 5.88 Å². The molecule has 35 heavy (non-hydrogen) atoms. The van der Waals surface area contributed by atoms with Gasteiger partial charge in [-0.25, -0.2) is 8.42 Å². The molecule has 1 aliphatic rings. The van der Waals surface area contributed by atoms with E-state index in [0.29, 0.717) is 17.5 Å². The number of hydrogen-bond acceptors (Lipinski definition) is 6. The van der Waals surface area contributed by atoms with Crippen LogP contribution in [0.5, 0.6) is 5.75 Å². The minimum atomic E-state index is -3.92. The number of methoxy groups -OCH3 is 1. The zero-order valence-corrected chi connectivity index (χ0v) is 20.4. The lowest BCUT2D eigenvalue weighted by Crippen LogP contribution is -2.30. The Morgan fingerprint density at radius 1 is 0.829 bits per heavy atom. The van der Waals surface area contributed by atoms with E-state index < -0.39 is 9.84 Å². The van der Waals surface area contributed by atoms with E-state index in [-0.39, 0.29) is 15.8 Å². The number of piperidine rings is 1. The number of aromatic nitrogens is 1. The standard InChI is InChI=1S/C28H28N2O4S/c1-33-23-15-17-24(18-16-23)35(31,32)27-28(30-19-9-4-10-20-30)34-26(29-27)25(21-11-5-2-6-12-21)22-13-7-3-8-14-22/h2-3,5-8,11-18,25H,4,9-10,19-20H2,1H3. The van der Waals surface area contributed by atoms with Gasteiger partial charge in [-0.05, 0) is 54.7 Å². The van der Waals surface area contributed by atoms with E-state index in [9.17, 15) is 8.42 Å². The molecule has 1 aromatic heterocycles. The van der Waals surface area contributed by atoms with Crippen molar-refractivity contribution in [3.8, 4) is 5.75 Å². The Morgan fingerprint density at radius 3 is 1.94 bits per heavy atom. The van der Waals surface area contributed by atoms with Crippen molar-refractivity contribution in [3.63, 3.8) is 0 Å². The highest BCUT2D eigenvalue weighted by atomic mass is 32.2. The van der Waals surface area contributed by atoms with Gasteiger partial charge in [0, 0.05) is 13.1 Å². The third-order valence-corrected chi connectivity index (χ3v) is 8.04. The highest BCUT2D eigenvalue weighted by molar-refractivity contribution is 7.91. The summed E-state index contributed by atoms with van der Waals surface area (Å²) in [5.41, 5.74) is 1.97. The number of sulfone groups is 1. The second-order valence-electron chi connectivity index (χ2n) is 8.64. The summed E-state index contributed by atoms with van der Waals surface area (Å²) in [5.74, 6) is 0.956. The van der Waals surface area contributed by atoms with Crippen molar-refractivity contribution < 1.29 is 17.6 Å². The van der Waals surface area contributed by atoms with Crippen LogP contribution in [0.1, 0.15) is 42.2 Å². The summed E-state index contributed by atoms with van der Waals surface area (Å²) in [5, 5.41) is -0.0311. The fraction of sp³-hybridized carbons (Fsp3) is 0.250. The molecule has 3 aromatic carbocycles. The van der Waals surface area contributed by atoms with Crippen molar-refractivity contribution in [2.75, 3.05) is 25.1 Å². The maximum atomic E-state index is 13.8. The summed E-state index contributed by atoms with van der Waals surface area (Å²) in [7, 11) is -2.37. The van der Waals surface area contributed by atoms with Gasteiger partial charge in [0.1, 0.15) is 5.75 Å². The van der Waals surface area contributed by atoms with Gasteiger partial charge in [0.25, 0.3) is 0 Å². The van der Waals surface area contributed by atoms with Crippen LogP contribution in [0, 0.1) is 0 Å². The van der Waals surface area contributed by atoms with Crippen LogP contribution in [-0.4, -0.2) is 33.6 Å². The fourth-order valence-corrected chi connectivity index (χ4v) is 5.87. The summed E-state index contributed by atoms with van der Waals surface area (Å²) in [4.78, 5) is 6.88. The molecular formula is C28H28N2O4S. The molecule has 0 radical (unpaired) electrons. The zero-order chi connectivity index (χ0) is 24.3. The number of anilines is 1. The van der Waals surface area contributed by atoms with Crippen LogP contribution in [0.15, 0.2) is 99.3 Å². The molecule has 180 valence electrons. The Balaban J connectivity index is 1.67. The summed E-state index contributed by atoms with van der Waals surface area (Å²) < 4.78 is 39.2. The molecule has 0 atom stereocenters. The van der Waals surface area contributed by atoms with Crippen molar-refractivity contribution >= 4 is 15.7 Å². The van der Waals surface area contributed by atoms with Crippen LogP contribution in [0.3, 0.4) is 0 Å². The molecular weight excluding hydrogens is 460 g/mol. The van der Waals surface area contributed by atoms with E-state index in [1.54, 1.807) is 31.4 Å². The third-order valence-electron chi connectivity index (χ3n) is 6.38. The Bertz CT molecular complexity index is 1320. The largest absolute Gasteiger partial charge is 0.497 e. The van der Waals surface area contributed by atoms with Crippen LogP contribution in [0.25, 0.3) is 0 Å². The monoisotopic (exact) mass is 488 g/mol. The fourth-order valence-electron chi connectivity index (χ4n) is 4.54. The third kappa shape index (κ3) is 4.68. The summed E-state index contributed by atoms with van der Waals surface area (Å²) in [6.07, 6.45) is 3.09. The van der Waals surface area contributed by atoms with Crippen LogP contribution in [-0.2, 0) is 9.84 Å². The molecule has 0 saturated carbocycles. The molecule has 0 amide bonds. The van der Waals surface area contributed by atoms with Crippen LogP contribution >= 0.6 is 0 Å². The maximum Gasteiger partial charge on any atom is 0.236 e. The van der Waals surface area contributed by atoms with E-state index in [0.717, 1.165) is 43.5 Å². The van der Waals surface area contributed by atoms with Gasteiger partial charge < -0.3 is 14.1 Å². The molecule has 6 nitrogen and oxygen atoms in total. The first-order valence-electron chi connectivity index (χ1n) is 11.8. The van der Waals surface area contributed by atoms with Crippen molar-refractivity contribution in [1.29, 1.82) is 0 Å². The molecule has 0 unspecified atom stereocenters. The molecule has 0 aliphatic carbocycles. The van der Waals surface area contributed by atoms with Gasteiger partial charge in [0.05, 0.1) is 17.9 Å². The SMILES string of the molecule is COc1ccc(S(=O)(=O)c2nc(C(c3ccccc3)c3ccccc3)oc2N2CCCCC2)cc1. The Hall–Kier alpha value is -3.58. The first kappa shape index (κ1) is 23.2. The smallest absolute Gasteiger partial charge is 0.236 e. The first-order valence-corrected chi connectivity index (χ1v) is 13.3. The molecule has 0 N–H and O–H groups in total. The Morgan fingerprint density at radius 2 is 1.40 bits per heavy atom. The van der Waals surface area contributed by atoms with Crippen molar-refractivity contribution in [2.24, 2.45) is 0 Å². The lowest BCUT2D eigenvalue weighted by molar-refractivity contribution is 0.414. The van der Waals surface area contributed by atoms with Crippen LogP contribution in [0.2, 0.25) is 0 Å². The topological polar surface area (TPSA) is 72.6 Å². The molecule has 1 aliphatic heterocycles. The van der Waals surface area contributed by atoms with Crippen LogP contribution < -0.4 is 9.64 Å². The number of benzene rings is 3. The average molecular weight is 489 g/mol. The minimum absolute atomic E-state index is 0.0311. The molecule has 0 bridgehead atoms. The minimum Gasteiger partial charge on any atom is -0.497 e. The normalized spacial score (nSPS) is 14.3. The molecule has 4 aromatic rings. The number of hydrogen-bond donors (Lipinski definition) is 0. The van der Waals surface area contributed by atoms with E-state index in [1.165, 1.54) is 0 Å². The predicted molar refractivity (Wildman–Crippen MR) is 135 cm³/mol. The number of oxazole rings is 1. The first-order chi connectivity index (χ1) is 17.1. The lowest BCUT2D eigenvalue weighted by Gasteiger charge is -2.26. The molecule has 2 heterocycles. The maximum absolute atomic E-state index is 13.8. The van der Waals surface area contributed by atoms with Gasteiger partial charge in [-0.2, -0.15) is 4.98 Å². The highest BCUT2D eigenvalue weighted by Crippen LogP contribution is 2.39. The summed E-state index contributed by atoms with van der Waals surface area (Å²) >= 11 is 0.